The fourth-order valence-corrected chi connectivity index (χ4v) is 5.17. The van der Waals surface area contributed by atoms with Crippen LogP contribution in [0.15, 0.2) is 35.2 Å². The van der Waals surface area contributed by atoms with E-state index in [1.165, 1.54) is 31.5 Å². The Hall–Kier alpha value is -1.77. The van der Waals surface area contributed by atoms with Gasteiger partial charge in [0.25, 0.3) is 0 Å². The smallest absolute Gasteiger partial charge is 0.188 e. The monoisotopic (exact) mass is 462 g/mol. The third kappa shape index (κ3) is 3.98. The van der Waals surface area contributed by atoms with E-state index in [2.05, 4.69) is 35.7 Å². The van der Waals surface area contributed by atoms with Crippen LogP contribution in [-0.2, 0) is 4.74 Å². The van der Waals surface area contributed by atoms with Crippen LogP contribution in [0.5, 0.6) is 11.5 Å². The average molecular weight is 463 g/mol. The number of likely N-dealkylation sites (tertiary alicyclic amines) is 1. The van der Waals surface area contributed by atoms with E-state index in [-0.39, 0.29) is 5.82 Å². The minimum atomic E-state index is -0.311. The molecule has 154 valence electrons. The zero-order valence-electron chi connectivity index (χ0n) is 16.2. The Morgan fingerprint density at radius 3 is 2.72 bits per heavy atom. The summed E-state index contributed by atoms with van der Waals surface area (Å²) < 4.78 is 25.4. The van der Waals surface area contributed by atoms with Crippen LogP contribution in [0.1, 0.15) is 12.8 Å². The molecule has 0 amide bonds. The van der Waals surface area contributed by atoms with Gasteiger partial charge in [-0.05, 0) is 52.9 Å². The molecule has 0 N–H and O–H groups in total. The van der Waals surface area contributed by atoms with Crippen LogP contribution >= 0.6 is 15.9 Å². The number of ether oxygens (including phenoxy) is 2. The fraction of sp³-hybridized carbons (Fsp3) is 0.524. The molecule has 0 bridgehead atoms. The van der Waals surface area contributed by atoms with E-state index < -0.39 is 0 Å². The van der Waals surface area contributed by atoms with Crippen LogP contribution in [0.4, 0.5) is 10.2 Å². The molecule has 3 saturated heterocycles. The first-order chi connectivity index (χ1) is 14.1. The SMILES string of the molecule is Fc1ccc(Oc2cncnc2N2CC3(CN(CC4CCOCC4)C3)C2)c(Br)c1. The summed E-state index contributed by atoms with van der Waals surface area (Å²) in [5, 5.41) is 0. The summed E-state index contributed by atoms with van der Waals surface area (Å²) in [6.45, 7) is 7.31. The summed E-state index contributed by atoms with van der Waals surface area (Å²) in [5.74, 6) is 2.41. The first kappa shape index (κ1) is 19.2. The van der Waals surface area contributed by atoms with Crippen molar-refractivity contribution in [1.82, 2.24) is 14.9 Å². The van der Waals surface area contributed by atoms with Crippen LogP contribution in [0.3, 0.4) is 0 Å². The summed E-state index contributed by atoms with van der Waals surface area (Å²) >= 11 is 3.35. The second-order valence-electron chi connectivity index (χ2n) is 8.47. The summed E-state index contributed by atoms with van der Waals surface area (Å²) in [6.07, 6.45) is 5.60. The minimum absolute atomic E-state index is 0.311. The number of benzene rings is 1. The molecule has 8 heteroatoms. The molecule has 0 aliphatic carbocycles. The van der Waals surface area contributed by atoms with Gasteiger partial charge in [-0.3, -0.25) is 0 Å². The molecule has 0 atom stereocenters. The summed E-state index contributed by atoms with van der Waals surface area (Å²) in [5.41, 5.74) is 0.379. The molecule has 1 spiro atoms. The van der Waals surface area contributed by atoms with Crippen LogP contribution in [-0.4, -0.2) is 60.8 Å². The molecule has 3 fully saturated rings. The lowest BCUT2D eigenvalue weighted by Gasteiger charge is -2.61. The maximum atomic E-state index is 13.3. The van der Waals surface area contributed by atoms with E-state index in [9.17, 15) is 4.39 Å². The highest BCUT2D eigenvalue weighted by Crippen LogP contribution is 2.44. The molecule has 0 unspecified atom stereocenters. The van der Waals surface area contributed by atoms with Gasteiger partial charge in [-0.25, -0.2) is 14.4 Å². The van der Waals surface area contributed by atoms with E-state index in [1.807, 2.05) is 0 Å². The maximum absolute atomic E-state index is 13.3. The molecular formula is C21H24BrFN4O2. The fourth-order valence-electron chi connectivity index (χ4n) is 4.74. The van der Waals surface area contributed by atoms with Gasteiger partial charge in [0.15, 0.2) is 11.6 Å². The quantitative estimate of drug-likeness (QED) is 0.674. The van der Waals surface area contributed by atoms with Gasteiger partial charge in [-0.2, -0.15) is 0 Å². The third-order valence-electron chi connectivity index (χ3n) is 6.10. The summed E-state index contributed by atoms with van der Waals surface area (Å²) in [4.78, 5) is 13.4. The van der Waals surface area contributed by atoms with Crippen molar-refractivity contribution in [1.29, 1.82) is 0 Å². The van der Waals surface area contributed by atoms with Crippen molar-refractivity contribution in [2.24, 2.45) is 11.3 Å². The second-order valence-corrected chi connectivity index (χ2v) is 9.32. The van der Waals surface area contributed by atoms with E-state index in [1.54, 1.807) is 18.6 Å². The van der Waals surface area contributed by atoms with Gasteiger partial charge >= 0.3 is 0 Å². The topological polar surface area (TPSA) is 50.7 Å². The Balaban J connectivity index is 1.19. The molecule has 29 heavy (non-hydrogen) atoms. The summed E-state index contributed by atoms with van der Waals surface area (Å²) in [7, 11) is 0. The molecular weight excluding hydrogens is 439 g/mol. The van der Waals surface area contributed by atoms with Gasteiger partial charge in [0.1, 0.15) is 17.9 Å². The average Bonchev–Trinajstić information content (AvgIpc) is 2.66. The minimum Gasteiger partial charge on any atom is -0.451 e. The Labute approximate surface area is 178 Å². The van der Waals surface area contributed by atoms with Crippen LogP contribution < -0.4 is 9.64 Å². The van der Waals surface area contributed by atoms with E-state index in [0.29, 0.717) is 21.4 Å². The number of hydrogen-bond donors (Lipinski definition) is 0. The standard InChI is InChI=1S/C21H24BrFN4O2/c22-17-7-16(23)1-2-18(17)29-19-8-24-14-25-20(19)27-12-21(13-27)10-26(11-21)9-15-3-5-28-6-4-15/h1-2,7-8,14-15H,3-6,9-13H2. The predicted octanol–water partition coefficient (Wildman–Crippen LogP) is 3.72. The number of halogens is 2. The molecule has 3 aliphatic rings. The highest BCUT2D eigenvalue weighted by atomic mass is 79.9. The van der Waals surface area contributed by atoms with Crippen LogP contribution in [0.2, 0.25) is 0 Å². The maximum Gasteiger partial charge on any atom is 0.188 e. The van der Waals surface area contributed by atoms with Gasteiger partial charge in [0, 0.05) is 51.4 Å². The normalized spacial score (nSPS) is 21.7. The zero-order valence-corrected chi connectivity index (χ0v) is 17.8. The zero-order chi connectivity index (χ0) is 19.8. The Bertz CT molecular complexity index is 879. The molecule has 2 aromatic rings. The lowest BCUT2D eigenvalue weighted by atomic mass is 9.72. The molecule has 1 aromatic carbocycles. The largest absolute Gasteiger partial charge is 0.451 e. The lowest BCUT2D eigenvalue weighted by molar-refractivity contribution is -0.0430. The van der Waals surface area contributed by atoms with Gasteiger partial charge in [-0.1, -0.05) is 0 Å². The van der Waals surface area contributed by atoms with Gasteiger partial charge < -0.3 is 19.3 Å². The van der Waals surface area contributed by atoms with Crippen molar-refractivity contribution in [3.63, 3.8) is 0 Å². The number of aromatic nitrogens is 2. The molecule has 0 radical (unpaired) electrons. The molecule has 5 rings (SSSR count). The van der Waals surface area contributed by atoms with E-state index in [4.69, 9.17) is 9.47 Å². The molecule has 3 aliphatic heterocycles. The highest BCUT2D eigenvalue weighted by Gasteiger charge is 2.52. The summed E-state index contributed by atoms with van der Waals surface area (Å²) in [6, 6.07) is 4.37. The van der Waals surface area contributed by atoms with E-state index in [0.717, 1.165) is 51.1 Å². The predicted molar refractivity (Wildman–Crippen MR) is 111 cm³/mol. The van der Waals surface area contributed by atoms with Crippen molar-refractivity contribution in [3.05, 3.63) is 41.0 Å². The first-order valence-corrected chi connectivity index (χ1v) is 10.9. The number of anilines is 1. The molecule has 0 saturated carbocycles. The number of rotatable bonds is 5. The molecule has 1 aromatic heterocycles. The van der Waals surface area contributed by atoms with Crippen molar-refractivity contribution < 1.29 is 13.9 Å². The number of hydrogen-bond acceptors (Lipinski definition) is 6. The highest BCUT2D eigenvalue weighted by molar-refractivity contribution is 9.10. The first-order valence-electron chi connectivity index (χ1n) is 10.1. The van der Waals surface area contributed by atoms with Crippen LogP contribution in [0.25, 0.3) is 0 Å². The Kier molecular flexibility index (Phi) is 5.17. The Morgan fingerprint density at radius 2 is 1.97 bits per heavy atom. The van der Waals surface area contributed by atoms with Gasteiger partial charge in [-0.15, -0.1) is 0 Å². The van der Waals surface area contributed by atoms with Crippen molar-refractivity contribution >= 4 is 21.7 Å². The second kappa shape index (κ2) is 7.81. The van der Waals surface area contributed by atoms with Crippen molar-refractivity contribution in [2.45, 2.75) is 12.8 Å². The lowest BCUT2D eigenvalue weighted by Crippen LogP contribution is -2.72. The Morgan fingerprint density at radius 1 is 1.17 bits per heavy atom. The van der Waals surface area contributed by atoms with Crippen LogP contribution in [0, 0.1) is 17.2 Å². The van der Waals surface area contributed by atoms with Gasteiger partial charge in [0.2, 0.25) is 0 Å². The van der Waals surface area contributed by atoms with E-state index >= 15 is 0 Å². The van der Waals surface area contributed by atoms with Crippen molar-refractivity contribution in [3.8, 4) is 11.5 Å². The number of nitrogens with zero attached hydrogens (tertiary/aromatic N) is 4. The van der Waals surface area contributed by atoms with Crippen molar-refractivity contribution in [2.75, 3.05) is 50.8 Å². The molecule has 4 heterocycles. The third-order valence-corrected chi connectivity index (χ3v) is 6.72. The molecule has 6 nitrogen and oxygen atoms in total. The van der Waals surface area contributed by atoms with Gasteiger partial charge in [0.05, 0.1) is 10.7 Å².